The molecule has 0 aliphatic rings. The van der Waals surface area contributed by atoms with E-state index in [9.17, 15) is 9.59 Å². The van der Waals surface area contributed by atoms with Crippen molar-refractivity contribution in [3.05, 3.63) is 24.2 Å². The van der Waals surface area contributed by atoms with Crippen LogP contribution in [0.1, 0.15) is 13.8 Å². The van der Waals surface area contributed by atoms with Crippen molar-refractivity contribution in [2.45, 2.75) is 13.8 Å². The zero-order valence-corrected chi connectivity index (χ0v) is 11.2. The molecule has 7 heteroatoms. The Kier molecular flexibility index (Phi) is 5.59. The maximum Gasteiger partial charge on any atom is 0.347 e. The molecule has 0 fully saturated rings. The highest BCUT2D eigenvalue weighted by atomic mass is 16.6. The third kappa shape index (κ3) is 4.13. The van der Waals surface area contributed by atoms with Gasteiger partial charge in [0.25, 0.3) is 0 Å². The van der Waals surface area contributed by atoms with Crippen LogP contribution in [-0.2, 0) is 26.1 Å². The molecular weight excluding hydrogens is 250 g/mol. The Hall–Kier alpha value is -2.31. The van der Waals surface area contributed by atoms with E-state index in [1.54, 1.807) is 37.9 Å². The van der Waals surface area contributed by atoms with Crippen molar-refractivity contribution in [3.63, 3.8) is 0 Å². The number of ether oxygens (including phenoxy) is 2. The van der Waals surface area contributed by atoms with Gasteiger partial charge < -0.3 is 19.4 Å². The first-order chi connectivity index (χ1) is 9.10. The summed E-state index contributed by atoms with van der Waals surface area (Å²) in [6, 6.07) is 0. The van der Waals surface area contributed by atoms with Gasteiger partial charge in [-0.3, -0.25) is 0 Å². The van der Waals surface area contributed by atoms with E-state index in [1.807, 2.05) is 0 Å². The van der Waals surface area contributed by atoms with Gasteiger partial charge in [0.05, 0.1) is 13.2 Å². The lowest BCUT2D eigenvalue weighted by atomic mass is 10.3. The minimum Gasteiger partial charge on any atom is -0.462 e. The summed E-state index contributed by atoms with van der Waals surface area (Å²) < 4.78 is 11.3. The largest absolute Gasteiger partial charge is 0.462 e. The van der Waals surface area contributed by atoms with Crippen molar-refractivity contribution in [2.24, 2.45) is 7.05 Å². The Bertz CT molecular complexity index is 459. The third-order valence-corrected chi connectivity index (χ3v) is 2.16. The van der Waals surface area contributed by atoms with Gasteiger partial charge in [-0.2, -0.15) is 0 Å². The van der Waals surface area contributed by atoms with E-state index in [1.165, 1.54) is 6.20 Å². The van der Waals surface area contributed by atoms with Gasteiger partial charge >= 0.3 is 11.9 Å². The summed E-state index contributed by atoms with van der Waals surface area (Å²) in [5.41, 5.74) is -0.202. The molecular formula is C12H17N3O4. The molecule has 1 aromatic rings. The lowest BCUT2D eigenvalue weighted by Gasteiger charge is -2.07. The Balaban J connectivity index is 2.86. The number of nitrogens with zero attached hydrogens (tertiary/aromatic N) is 2. The van der Waals surface area contributed by atoms with Crippen LogP contribution in [0, 0.1) is 0 Å². The Labute approximate surface area is 111 Å². The molecule has 0 aliphatic heterocycles. The summed E-state index contributed by atoms with van der Waals surface area (Å²) in [7, 11) is 1.78. The first-order valence-corrected chi connectivity index (χ1v) is 5.88. The topological polar surface area (TPSA) is 82.5 Å². The summed E-state index contributed by atoms with van der Waals surface area (Å²) >= 11 is 0. The number of carbonyl (C=O) groups is 2. The smallest absolute Gasteiger partial charge is 0.347 e. The Morgan fingerprint density at radius 1 is 1.32 bits per heavy atom. The number of aryl methyl sites for hydroxylation is 1. The first-order valence-electron chi connectivity index (χ1n) is 5.88. The van der Waals surface area contributed by atoms with Crippen LogP contribution in [0.4, 0.5) is 5.95 Å². The number of esters is 2. The lowest BCUT2D eigenvalue weighted by Crippen LogP contribution is -2.19. The van der Waals surface area contributed by atoms with Crippen LogP contribution in [0.15, 0.2) is 24.2 Å². The Morgan fingerprint density at radius 3 is 2.32 bits per heavy atom. The maximum atomic E-state index is 11.6. The van der Waals surface area contributed by atoms with Gasteiger partial charge in [-0.15, -0.1) is 0 Å². The average Bonchev–Trinajstić information content (AvgIpc) is 2.76. The SMILES string of the molecule is CCOC(=O)C(=CNc1nccn1C)C(=O)OCC. The van der Waals surface area contributed by atoms with Gasteiger partial charge in [-0.1, -0.05) is 0 Å². The van der Waals surface area contributed by atoms with E-state index in [0.29, 0.717) is 5.95 Å². The monoisotopic (exact) mass is 267 g/mol. The highest BCUT2D eigenvalue weighted by Gasteiger charge is 2.21. The fourth-order valence-electron chi connectivity index (χ4n) is 1.26. The highest BCUT2D eigenvalue weighted by molar-refractivity contribution is 6.14. The molecule has 1 heterocycles. The summed E-state index contributed by atoms with van der Waals surface area (Å²) in [6.45, 7) is 3.68. The average molecular weight is 267 g/mol. The molecule has 0 aliphatic carbocycles. The molecule has 0 radical (unpaired) electrons. The van der Waals surface area contributed by atoms with Crippen molar-refractivity contribution >= 4 is 17.9 Å². The van der Waals surface area contributed by atoms with Crippen LogP contribution >= 0.6 is 0 Å². The van der Waals surface area contributed by atoms with Crippen molar-refractivity contribution in [1.82, 2.24) is 9.55 Å². The van der Waals surface area contributed by atoms with E-state index >= 15 is 0 Å². The second-order valence-corrected chi connectivity index (χ2v) is 3.51. The summed E-state index contributed by atoms with van der Waals surface area (Å²) in [5, 5.41) is 2.76. The van der Waals surface area contributed by atoms with E-state index < -0.39 is 11.9 Å². The number of anilines is 1. The third-order valence-electron chi connectivity index (χ3n) is 2.16. The van der Waals surface area contributed by atoms with Crippen LogP contribution in [0.3, 0.4) is 0 Å². The number of imidazole rings is 1. The minimum absolute atomic E-state index is 0.179. The molecule has 1 aromatic heterocycles. The quantitative estimate of drug-likeness (QED) is 0.356. The molecule has 104 valence electrons. The van der Waals surface area contributed by atoms with E-state index in [2.05, 4.69) is 10.3 Å². The number of hydrogen-bond donors (Lipinski definition) is 1. The Morgan fingerprint density at radius 2 is 1.89 bits per heavy atom. The summed E-state index contributed by atoms with van der Waals surface area (Å²) in [6.07, 6.45) is 4.55. The molecule has 1 rings (SSSR count). The second-order valence-electron chi connectivity index (χ2n) is 3.51. The van der Waals surface area contributed by atoms with Crippen LogP contribution in [0.2, 0.25) is 0 Å². The van der Waals surface area contributed by atoms with Crippen LogP contribution in [0.5, 0.6) is 0 Å². The molecule has 0 bridgehead atoms. The van der Waals surface area contributed by atoms with Crippen molar-refractivity contribution in [2.75, 3.05) is 18.5 Å². The number of carbonyl (C=O) groups excluding carboxylic acids is 2. The number of nitrogens with one attached hydrogen (secondary N) is 1. The predicted molar refractivity (Wildman–Crippen MR) is 68.2 cm³/mol. The van der Waals surface area contributed by atoms with Gasteiger partial charge in [0.1, 0.15) is 0 Å². The van der Waals surface area contributed by atoms with E-state index in [-0.39, 0.29) is 18.8 Å². The molecule has 0 aromatic carbocycles. The molecule has 0 saturated heterocycles. The molecule has 1 N–H and O–H groups in total. The molecule has 0 unspecified atom stereocenters. The van der Waals surface area contributed by atoms with Crippen molar-refractivity contribution < 1.29 is 19.1 Å². The fraction of sp³-hybridized carbons (Fsp3) is 0.417. The zero-order valence-electron chi connectivity index (χ0n) is 11.2. The van der Waals surface area contributed by atoms with Crippen molar-refractivity contribution in [1.29, 1.82) is 0 Å². The minimum atomic E-state index is -0.734. The van der Waals surface area contributed by atoms with Crippen LogP contribution in [0.25, 0.3) is 0 Å². The number of hydrogen-bond acceptors (Lipinski definition) is 6. The van der Waals surface area contributed by atoms with Gasteiger partial charge in [0.15, 0.2) is 5.57 Å². The molecule has 0 saturated carbocycles. The summed E-state index contributed by atoms with van der Waals surface area (Å²) in [4.78, 5) is 27.3. The van der Waals surface area contributed by atoms with E-state index in [0.717, 1.165) is 0 Å². The first kappa shape index (κ1) is 14.7. The lowest BCUT2D eigenvalue weighted by molar-refractivity contribution is -0.146. The van der Waals surface area contributed by atoms with Crippen molar-refractivity contribution in [3.8, 4) is 0 Å². The molecule has 0 spiro atoms. The summed E-state index contributed by atoms with van der Waals surface area (Å²) in [5.74, 6) is -0.976. The molecule has 7 nitrogen and oxygen atoms in total. The van der Waals surface area contributed by atoms with Gasteiger partial charge in [0, 0.05) is 25.6 Å². The van der Waals surface area contributed by atoms with Crippen LogP contribution in [-0.4, -0.2) is 34.7 Å². The standard InChI is InChI=1S/C12H17N3O4/c1-4-18-10(16)9(11(17)19-5-2)8-14-12-13-6-7-15(12)3/h6-8H,4-5H2,1-3H3,(H,13,14). The van der Waals surface area contributed by atoms with Gasteiger partial charge in [0.2, 0.25) is 5.95 Å². The molecule has 0 amide bonds. The van der Waals surface area contributed by atoms with Gasteiger partial charge in [-0.05, 0) is 13.8 Å². The second kappa shape index (κ2) is 7.20. The number of rotatable bonds is 6. The predicted octanol–water partition coefficient (Wildman–Crippen LogP) is 0.842. The molecule has 19 heavy (non-hydrogen) atoms. The molecule has 0 atom stereocenters. The number of aromatic nitrogens is 2. The fourth-order valence-corrected chi connectivity index (χ4v) is 1.26. The van der Waals surface area contributed by atoms with Crippen LogP contribution < -0.4 is 5.32 Å². The van der Waals surface area contributed by atoms with Gasteiger partial charge in [-0.25, -0.2) is 14.6 Å². The maximum absolute atomic E-state index is 11.6. The zero-order chi connectivity index (χ0) is 14.3. The highest BCUT2D eigenvalue weighted by Crippen LogP contribution is 2.06. The normalized spacial score (nSPS) is 9.63. The van der Waals surface area contributed by atoms with E-state index in [4.69, 9.17) is 9.47 Å².